The van der Waals surface area contributed by atoms with E-state index in [1.807, 2.05) is 0 Å². The highest BCUT2D eigenvalue weighted by Crippen LogP contribution is 2.15. The molecular formula is C13H26N2O2. The quantitative estimate of drug-likeness (QED) is 0.655. The van der Waals surface area contributed by atoms with Crippen molar-refractivity contribution in [2.24, 2.45) is 17.8 Å². The van der Waals surface area contributed by atoms with E-state index >= 15 is 0 Å². The third kappa shape index (κ3) is 5.50. The van der Waals surface area contributed by atoms with E-state index in [2.05, 4.69) is 31.4 Å². The summed E-state index contributed by atoms with van der Waals surface area (Å²) in [5, 5.41) is 6.22. The molecule has 4 heteroatoms. The van der Waals surface area contributed by atoms with Crippen LogP contribution in [0.15, 0.2) is 0 Å². The Labute approximate surface area is 104 Å². The van der Waals surface area contributed by atoms with Crippen molar-refractivity contribution in [3.8, 4) is 0 Å². The first-order chi connectivity index (χ1) is 8.11. The zero-order valence-electron chi connectivity index (χ0n) is 11.3. The number of amides is 1. The highest BCUT2D eigenvalue weighted by Gasteiger charge is 2.28. The van der Waals surface area contributed by atoms with E-state index < -0.39 is 0 Å². The van der Waals surface area contributed by atoms with Gasteiger partial charge in [0.25, 0.3) is 0 Å². The maximum Gasteiger partial charge on any atom is 0.224 e. The zero-order chi connectivity index (χ0) is 12.7. The number of hydrogen-bond donors (Lipinski definition) is 2. The molecule has 0 bridgehead atoms. The van der Waals surface area contributed by atoms with Crippen LogP contribution in [-0.4, -0.2) is 38.8 Å². The summed E-state index contributed by atoms with van der Waals surface area (Å²) in [6, 6.07) is 0. The molecular weight excluding hydrogens is 216 g/mol. The smallest absolute Gasteiger partial charge is 0.224 e. The molecule has 0 unspecified atom stereocenters. The molecule has 4 nitrogen and oxygen atoms in total. The van der Waals surface area contributed by atoms with Crippen LogP contribution in [0.4, 0.5) is 0 Å². The normalized spacial score (nSPS) is 24.2. The number of nitrogens with one attached hydrogen (secondary N) is 2. The predicted octanol–water partition coefficient (Wildman–Crippen LogP) is 1.02. The number of carbonyl (C=O) groups excluding carboxylic acids is 1. The summed E-state index contributed by atoms with van der Waals surface area (Å²) in [5.41, 5.74) is 0. The van der Waals surface area contributed by atoms with Crippen LogP contribution < -0.4 is 10.6 Å². The summed E-state index contributed by atoms with van der Waals surface area (Å²) in [6.45, 7) is 10.4. The van der Waals surface area contributed by atoms with Crippen LogP contribution in [0.5, 0.6) is 0 Å². The Balaban J connectivity index is 2.00. The Bertz CT molecular complexity index is 231. The lowest BCUT2D eigenvalue weighted by molar-refractivity contribution is -0.125. The van der Waals surface area contributed by atoms with Crippen LogP contribution in [0.2, 0.25) is 0 Å². The molecule has 2 N–H and O–H groups in total. The van der Waals surface area contributed by atoms with E-state index in [9.17, 15) is 4.79 Å². The van der Waals surface area contributed by atoms with Gasteiger partial charge in [-0.05, 0) is 24.8 Å². The Morgan fingerprint density at radius 1 is 1.47 bits per heavy atom. The van der Waals surface area contributed by atoms with Crippen molar-refractivity contribution in [3.63, 3.8) is 0 Å². The van der Waals surface area contributed by atoms with Crippen molar-refractivity contribution in [2.45, 2.75) is 27.2 Å². The molecule has 0 spiro atoms. The molecule has 1 rings (SSSR count). The first kappa shape index (κ1) is 14.5. The summed E-state index contributed by atoms with van der Waals surface area (Å²) in [5.74, 6) is 1.36. The van der Waals surface area contributed by atoms with E-state index in [0.717, 1.165) is 39.3 Å². The molecule has 1 fully saturated rings. The van der Waals surface area contributed by atoms with Crippen LogP contribution in [0.1, 0.15) is 27.2 Å². The number of ether oxygens (including phenoxy) is 1. The van der Waals surface area contributed by atoms with Gasteiger partial charge in [0.15, 0.2) is 0 Å². The molecule has 0 radical (unpaired) electrons. The van der Waals surface area contributed by atoms with Crippen LogP contribution in [0, 0.1) is 17.8 Å². The van der Waals surface area contributed by atoms with Gasteiger partial charge in [0.2, 0.25) is 5.91 Å². The SMILES string of the molecule is CC(C)COCCCNC(=O)[C@@H]1CNC[C@H]1C. The summed E-state index contributed by atoms with van der Waals surface area (Å²) >= 11 is 0. The van der Waals surface area contributed by atoms with Gasteiger partial charge >= 0.3 is 0 Å². The molecule has 100 valence electrons. The van der Waals surface area contributed by atoms with Gasteiger partial charge < -0.3 is 15.4 Å². The Morgan fingerprint density at radius 3 is 2.82 bits per heavy atom. The molecule has 0 aromatic carbocycles. The van der Waals surface area contributed by atoms with Gasteiger partial charge in [-0.1, -0.05) is 20.8 Å². The van der Waals surface area contributed by atoms with Gasteiger partial charge in [-0.3, -0.25) is 4.79 Å². The second-order valence-corrected chi connectivity index (χ2v) is 5.36. The molecule has 1 aliphatic heterocycles. The van der Waals surface area contributed by atoms with Crippen molar-refractivity contribution < 1.29 is 9.53 Å². The largest absolute Gasteiger partial charge is 0.381 e. The fourth-order valence-electron chi connectivity index (χ4n) is 2.00. The average molecular weight is 242 g/mol. The van der Waals surface area contributed by atoms with Crippen molar-refractivity contribution in [2.75, 3.05) is 32.8 Å². The zero-order valence-corrected chi connectivity index (χ0v) is 11.3. The minimum Gasteiger partial charge on any atom is -0.381 e. The van der Waals surface area contributed by atoms with E-state index in [4.69, 9.17) is 4.74 Å². The minimum absolute atomic E-state index is 0.145. The molecule has 0 aromatic heterocycles. The Hall–Kier alpha value is -0.610. The second-order valence-electron chi connectivity index (χ2n) is 5.36. The minimum atomic E-state index is 0.145. The number of carbonyl (C=O) groups is 1. The van der Waals surface area contributed by atoms with Crippen LogP contribution in [0.3, 0.4) is 0 Å². The van der Waals surface area contributed by atoms with Gasteiger partial charge in [0, 0.05) is 26.3 Å². The maximum absolute atomic E-state index is 11.8. The third-order valence-corrected chi connectivity index (χ3v) is 3.07. The fraction of sp³-hybridized carbons (Fsp3) is 0.923. The summed E-state index contributed by atoms with van der Waals surface area (Å²) in [6.07, 6.45) is 0.896. The number of rotatable bonds is 7. The van der Waals surface area contributed by atoms with Crippen molar-refractivity contribution in [1.29, 1.82) is 0 Å². The molecule has 2 atom stereocenters. The first-order valence-electron chi connectivity index (χ1n) is 6.67. The first-order valence-corrected chi connectivity index (χ1v) is 6.67. The Kier molecular flexibility index (Phi) is 6.52. The number of hydrogen-bond acceptors (Lipinski definition) is 3. The molecule has 17 heavy (non-hydrogen) atoms. The summed E-state index contributed by atoms with van der Waals surface area (Å²) in [7, 11) is 0. The van der Waals surface area contributed by atoms with Crippen LogP contribution >= 0.6 is 0 Å². The lowest BCUT2D eigenvalue weighted by Gasteiger charge is -2.14. The monoisotopic (exact) mass is 242 g/mol. The van der Waals surface area contributed by atoms with E-state index in [1.54, 1.807) is 0 Å². The topological polar surface area (TPSA) is 50.4 Å². The highest BCUT2D eigenvalue weighted by atomic mass is 16.5. The standard InChI is InChI=1S/C13H26N2O2/c1-10(2)9-17-6-4-5-15-13(16)12-8-14-7-11(12)3/h10-12,14H,4-9H2,1-3H3,(H,15,16)/t11-,12-/m1/s1. The van der Waals surface area contributed by atoms with Gasteiger partial charge in [0.05, 0.1) is 5.92 Å². The van der Waals surface area contributed by atoms with Crippen LogP contribution in [0.25, 0.3) is 0 Å². The van der Waals surface area contributed by atoms with Crippen LogP contribution in [-0.2, 0) is 9.53 Å². The highest BCUT2D eigenvalue weighted by molar-refractivity contribution is 5.79. The fourth-order valence-corrected chi connectivity index (χ4v) is 2.00. The molecule has 1 aliphatic rings. The molecule has 1 heterocycles. The van der Waals surface area contributed by atoms with E-state index in [0.29, 0.717) is 11.8 Å². The van der Waals surface area contributed by atoms with Crippen molar-refractivity contribution in [3.05, 3.63) is 0 Å². The van der Waals surface area contributed by atoms with E-state index in [1.165, 1.54) is 0 Å². The lowest BCUT2D eigenvalue weighted by atomic mass is 9.97. The van der Waals surface area contributed by atoms with Gasteiger partial charge in [-0.15, -0.1) is 0 Å². The van der Waals surface area contributed by atoms with Crippen molar-refractivity contribution in [1.82, 2.24) is 10.6 Å². The van der Waals surface area contributed by atoms with Gasteiger partial charge in [0.1, 0.15) is 0 Å². The average Bonchev–Trinajstić information content (AvgIpc) is 2.69. The Morgan fingerprint density at radius 2 is 2.24 bits per heavy atom. The molecule has 1 saturated heterocycles. The predicted molar refractivity (Wildman–Crippen MR) is 68.8 cm³/mol. The van der Waals surface area contributed by atoms with E-state index in [-0.39, 0.29) is 11.8 Å². The lowest BCUT2D eigenvalue weighted by Crippen LogP contribution is -2.35. The molecule has 0 aromatic rings. The van der Waals surface area contributed by atoms with Crippen molar-refractivity contribution >= 4 is 5.91 Å². The molecule has 0 saturated carbocycles. The molecule has 1 amide bonds. The maximum atomic E-state index is 11.8. The second kappa shape index (κ2) is 7.67. The summed E-state index contributed by atoms with van der Waals surface area (Å²) < 4.78 is 5.46. The van der Waals surface area contributed by atoms with Gasteiger partial charge in [-0.25, -0.2) is 0 Å². The summed E-state index contributed by atoms with van der Waals surface area (Å²) in [4.78, 5) is 11.8. The third-order valence-electron chi connectivity index (χ3n) is 3.07. The van der Waals surface area contributed by atoms with Gasteiger partial charge in [-0.2, -0.15) is 0 Å². The molecule has 0 aliphatic carbocycles.